The number of aromatic nitrogens is 1. The second kappa shape index (κ2) is 8.30. The molecule has 4 heteroatoms. The van der Waals surface area contributed by atoms with Crippen molar-refractivity contribution in [1.82, 2.24) is 9.88 Å². The molecule has 1 N–H and O–H groups in total. The molecule has 0 spiro atoms. The van der Waals surface area contributed by atoms with Gasteiger partial charge < -0.3 is 10.2 Å². The number of benzene rings is 2. The molecule has 0 aliphatic rings. The average molecular weight is 345 g/mol. The highest BCUT2D eigenvalue weighted by molar-refractivity contribution is 5.92. The van der Waals surface area contributed by atoms with Crippen LogP contribution in [0.5, 0.6) is 0 Å². The topological polar surface area (TPSA) is 45.2 Å². The lowest BCUT2D eigenvalue weighted by atomic mass is 10.1. The van der Waals surface area contributed by atoms with E-state index in [1.807, 2.05) is 85.5 Å². The number of amides is 1. The van der Waals surface area contributed by atoms with Crippen LogP contribution in [0, 0.1) is 0 Å². The molecule has 4 nitrogen and oxygen atoms in total. The van der Waals surface area contributed by atoms with E-state index in [1.54, 1.807) is 12.3 Å². The van der Waals surface area contributed by atoms with Gasteiger partial charge in [-0.1, -0.05) is 48.5 Å². The first-order chi connectivity index (χ1) is 12.6. The highest BCUT2D eigenvalue weighted by atomic mass is 16.2. The number of hydrogen-bond acceptors (Lipinski definition) is 3. The molecule has 3 aromatic rings. The summed E-state index contributed by atoms with van der Waals surface area (Å²) < 4.78 is 0. The Morgan fingerprint density at radius 2 is 1.58 bits per heavy atom. The van der Waals surface area contributed by atoms with Crippen LogP contribution < -0.4 is 5.32 Å². The molecule has 1 heterocycles. The van der Waals surface area contributed by atoms with Crippen molar-refractivity contribution in [3.05, 3.63) is 90.3 Å². The Morgan fingerprint density at radius 3 is 2.15 bits per heavy atom. The van der Waals surface area contributed by atoms with Gasteiger partial charge in [-0.2, -0.15) is 0 Å². The summed E-state index contributed by atoms with van der Waals surface area (Å²) in [6.45, 7) is 4.61. The molecule has 0 saturated carbocycles. The SMILES string of the molecule is CC(C)N(Cc1ccccc1)C(=O)c1ccc(Nc2ccccc2)cn1. The van der Waals surface area contributed by atoms with E-state index in [0.29, 0.717) is 12.2 Å². The Hall–Kier alpha value is -3.14. The first-order valence-electron chi connectivity index (χ1n) is 8.76. The molecule has 1 aromatic heterocycles. The largest absolute Gasteiger partial charge is 0.354 e. The molecule has 0 saturated heterocycles. The van der Waals surface area contributed by atoms with Crippen LogP contribution in [0.25, 0.3) is 0 Å². The first kappa shape index (κ1) is 17.7. The van der Waals surface area contributed by atoms with E-state index >= 15 is 0 Å². The number of anilines is 2. The lowest BCUT2D eigenvalue weighted by Gasteiger charge is -2.26. The van der Waals surface area contributed by atoms with Crippen LogP contribution in [-0.4, -0.2) is 21.8 Å². The summed E-state index contributed by atoms with van der Waals surface area (Å²) in [5.41, 5.74) is 3.40. The second-order valence-electron chi connectivity index (χ2n) is 6.44. The van der Waals surface area contributed by atoms with Gasteiger partial charge in [-0.3, -0.25) is 4.79 Å². The summed E-state index contributed by atoms with van der Waals surface area (Å²) in [5, 5.41) is 3.27. The van der Waals surface area contributed by atoms with E-state index in [2.05, 4.69) is 10.3 Å². The van der Waals surface area contributed by atoms with Crippen LogP contribution in [0.4, 0.5) is 11.4 Å². The highest BCUT2D eigenvalue weighted by Gasteiger charge is 2.20. The minimum absolute atomic E-state index is 0.0601. The molecule has 0 fully saturated rings. The van der Waals surface area contributed by atoms with Crippen LogP contribution in [0.2, 0.25) is 0 Å². The standard InChI is InChI=1S/C22H23N3O/c1-17(2)25(16-18-9-5-3-6-10-18)22(26)21-14-13-20(15-23-21)24-19-11-7-4-8-12-19/h3-15,17,24H,16H2,1-2H3. The third-order valence-corrected chi connectivity index (χ3v) is 4.13. The van der Waals surface area contributed by atoms with Gasteiger partial charge in [-0.15, -0.1) is 0 Å². The second-order valence-corrected chi connectivity index (χ2v) is 6.44. The summed E-state index contributed by atoms with van der Waals surface area (Å²) in [5.74, 6) is -0.0601. The van der Waals surface area contributed by atoms with Crippen molar-refractivity contribution in [2.75, 3.05) is 5.32 Å². The Kier molecular flexibility index (Phi) is 5.64. The molecule has 0 radical (unpaired) electrons. The van der Waals surface area contributed by atoms with Gasteiger partial charge in [0.05, 0.1) is 11.9 Å². The van der Waals surface area contributed by atoms with Gasteiger partial charge in [0.2, 0.25) is 0 Å². The molecular weight excluding hydrogens is 322 g/mol. The molecule has 0 aliphatic carbocycles. The quantitative estimate of drug-likeness (QED) is 0.693. The zero-order valence-electron chi connectivity index (χ0n) is 15.1. The summed E-state index contributed by atoms with van der Waals surface area (Å²) in [4.78, 5) is 19.1. The van der Waals surface area contributed by atoms with Crippen molar-refractivity contribution in [1.29, 1.82) is 0 Å². The number of hydrogen-bond donors (Lipinski definition) is 1. The molecule has 0 atom stereocenters. The molecule has 3 rings (SSSR count). The third kappa shape index (κ3) is 4.48. The van der Waals surface area contributed by atoms with Gasteiger partial charge in [0.25, 0.3) is 5.91 Å². The summed E-state index contributed by atoms with van der Waals surface area (Å²) in [6.07, 6.45) is 1.70. The van der Waals surface area contributed by atoms with Crippen molar-refractivity contribution in [2.45, 2.75) is 26.4 Å². The van der Waals surface area contributed by atoms with Gasteiger partial charge in [-0.25, -0.2) is 4.98 Å². The van der Waals surface area contributed by atoms with Crippen molar-refractivity contribution >= 4 is 17.3 Å². The molecule has 2 aromatic carbocycles. The van der Waals surface area contributed by atoms with E-state index in [4.69, 9.17) is 0 Å². The lowest BCUT2D eigenvalue weighted by Crippen LogP contribution is -2.36. The number of pyridine rings is 1. The fraction of sp³-hybridized carbons (Fsp3) is 0.182. The Labute approximate surface area is 154 Å². The summed E-state index contributed by atoms with van der Waals surface area (Å²) >= 11 is 0. The lowest BCUT2D eigenvalue weighted by molar-refractivity contribution is 0.0684. The maximum absolute atomic E-state index is 12.9. The molecule has 0 aliphatic heterocycles. The fourth-order valence-corrected chi connectivity index (χ4v) is 2.70. The van der Waals surface area contributed by atoms with Gasteiger partial charge >= 0.3 is 0 Å². The van der Waals surface area contributed by atoms with E-state index in [0.717, 1.165) is 16.9 Å². The van der Waals surface area contributed by atoms with Gasteiger partial charge in [0.15, 0.2) is 0 Å². The van der Waals surface area contributed by atoms with Crippen molar-refractivity contribution in [3.63, 3.8) is 0 Å². The third-order valence-electron chi connectivity index (χ3n) is 4.13. The molecule has 1 amide bonds. The number of carbonyl (C=O) groups is 1. The Morgan fingerprint density at radius 1 is 0.923 bits per heavy atom. The summed E-state index contributed by atoms with van der Waals surface area (Å²) in [6, 6.07) is 23.6. The zero-order valence-corrected chi connectivity index (χ0v) is 15.1. The highest BCUT2D eigenvalue weighted by Crippen LogP contribution is 2.17. The van der Waals surface area contributed by atoms with Gasteiger partial charge in [-0.05, 0) is 43.7 Å². The maximum Gasteiger partial charge on any atom is 0.272 e. The normalized spacial score (nSPS) is 10.6. The van der Waals surface area contributed by atoms with Gasteiger partial charge in [0, 0.05) is 18.3 Å². The monoisotopic (exact) mass is 345 g/mol. The minimum atomic E-state index is -0.0601. The molecule has 0 bridgehead atoms. The van der Waals surface area contributed by atoms with Crippen LogP contribution >= 0.6 is 0 Å². The number of rotatable bonds is 6. The summed E-state index contributed by atoms with van der Waals surface area (Å²) in [7, 11) is 0. The van der Waals surface area contributed by atoms with E-state index in [1.165, 1.54) is 0 Å². The van der Waals surface area contributed by atoms with Crippen LogP contribution in [0.15, 0.2) is 79.0 Å². The molecule has 26 heavy (non-hydrogen) atoms. The predicted octanol–water partition coefficient (Wildman–Crippen LogP) is 4.88. The van der Waals surface area contributed by atoms with Crippen LogP contribution in [0.1, 0.15) is 29.9 Å². The molecule has 0 unspecified atom stereocenters. The molecular formula is C22H23N3O. The smallest absolute Gasteiger partial charge is 0.272 e. The first-order valence-corrected chi connectivity index (χ1v) is 8.76. The Bertz CT molecular complexity index is 830. The predicted molar refractivity (Wildman–Crippen MR) is 105 cm³/mol. The van der Waals surface area contributed by atoms with E-state index < -0.39 is 0 Å². The molecule has 132 valence electrons. The fourth-order valence-electron chi connectivity index (χ4n) is 2.70. The van der Waals surface area contributed by atoms with Crippen LogP contribution in [-0.2, 0) is 6.54 Å². The number of carbonyl (C=O) groups excluding carboxylic acids is 1. The van der Waals surface area contributed by atoms with Crippen LogP contribution in [0.3, 0.4) is 0 Å². The van der Waals surface area contributed by atoms with E-state index in [-0.39, 0.29) is 11.9 Å². The van der Waals surface area contributed by atoms with E-state index in [9.17, 15) is 4.79 Å². The van der Waals surface area contributed by atoms with Gasteiger partial charge in [0.1, 0.15) is 5.69 Å². The maximum atomic E-state index is 12.9. The number of nitrogens with one attached hydrogen (secondary N) is 1. The zero-order chi connectivity index (χ0) is 18.4. The Balaban J connectivity index is 1.73. The van der Waals surface area contributed by atoms with Crippen molar-refractivity contribution in [2.24, 2.45) is 0 Å². The average Bonchev–Trinajstić information content (AvgIpc) is 2.67. The minimum Gasteiger partial charge on any atom is -0.354 e. The number of para-hydroxylation sites is 1. The van der Waals surface area contributed by atoms with Crippen molar-refractivity contribution in [3.8, 4) is 0 Å². The number of nitrogens with zero attached hydrogens (tertiary/aromatic N) is 2. The van der Waals surface area contributed by atoms with Crippen molar-refractivity contribution < 1.29 is 4.79 Å².